The lowest BCUT2D eigenvalue weighted by atomic mass is 9.77. The van der Waals surface area contributed by atoms with E-state index in [1.807, 2.05) is 31.2 Å². The molecule has 0 fully saturated rings. The number of para-hydroxylation sites is 1. The van der Waals surface area contributed by atoms with Gasteiger partial charge < -0.3 is 14.8 Å². The molecule has 2 aliphatic rings. The number of fused-ring (bicyclic) bond motifs is 3. The fourth-order valence-corrected chi connectivity index (χ4v) is 4.74. The van der Waals surface area contributed by atoms with E-state index in [1.165, 1.54) is 22.4 Å². The highest BCUT2D eigenvalue weighted by atomic mass is 16.5. The second-order valence-corrected chi connectivity index (χ2v) is 7.97. The molecule has 3 aromatic rings. The first-order chi connectivity index (χ1) is 14.8. The summed E-state index contributed by atoms with van der Waals surface area (Å²) in [4.78, 5) is 0. The third-order valence-electron chi connectivity index (χ3n) is 6.14. The van der Waals surface area contributed by atoms with Gasteiger partial charge in [0.2, 0.25) is 0 Å². The van der Waals surface area contributed by atoms with Crippen LogP contribution in [-0.4, -0.2) is 6.61 Å². The van der Waals surface area contributed by atoms with Gasteiger partial charge in [-0.15, -0.1) is 0 Å². The molecule has 3 heteroatoms. The van der Waals surface area contributed by atoms with Crippen LogP contribution in [0, 0.1) is 5.92 Å². The smallest absolute Gasteiger partial charge is 0.124 e. The number of rotatable bonds is 6. The van der Waals surface area contributed by atoms with Crippen LogP contribution in [-0.2, 0) is 6.61 Å². The van der Waals surface area contributed by atoms with Gasteiger partial charge in [0.15, 0.2) is 0 Å². The lowest BCUT2D eigenvalue weighted by Crippen LogP contribution is -2.29. The molecule has 0 amide bonds. The molecule has 1 aliphatic heterocycles. The van der Waals surface area contributed by atoms with Gasteiger partial charge in [-0.2, -0.15) is 0 Å². The Balaban J connectivity index is 1.43. The average molecular weight is 398 g/mol. The van der Waals surface area contributed by atoms with Gasteiger partial charge in [-0.3, -0.25) is 0 Å². The van der Waals surface area contributed by atoms with Crippen molar-refractivity contribution in [3.8, 4) is 11.5 Å². The molecule has 3 atom stereocenters. The van der Waals surface area contributed by atoms with Crippen molar-refractivity contribution in [2.24, 2.45) is 5.92 Å². The molecule has 1 N–H and O–H groups in total. The first kappa shape index (κ1) is 18.8. The van der Waals surface area contributed by atoms with Crippen molar-refractivity contribution in [2.45, 2.75) is 31.9 Å². The SMILES string of the molecule is CCOc1ccccc1C1Nc2ccc(OCc3ccccc3)cc2C2C=CCC21. The molecule has 3 unspecified atom stereocenters. The number of hydrogen-bond acceptors (Lipinski definition) is 3. The molecule has 0 spiro atoms. The summed E-state index contributed by atoms with van der Waals surface area (Å²) in [7, 11) is 0. The summed E-state index contributed by atoms with van der Waals surface area (Å²) in [6, 6.07) is 25.4. The van der Waals surface area contributed by atoms with Crippen molar-refractivity contribution in [3.63, 3.8) is 0 Å². The summed E-state index contributed by atoms with van der Waals surface area (Å²) in [6.45, 7) is 3.30. The highest BCUT2D eigenvalue weighted by molar-refractivity contribution is 5.62. The predicted molar refractivity (Wildman–Crippen MR) is 121 cm³/mol. The Kier molecular flexibility index (Phi) is 5.18. The maximum absolute atomic E-state index is 6.10. The topological polar surface area (TPSA) is 30.5 Å². The Hall–Kier alpha value is -3.20. The van der Waals surface area contributed by atoms with Crippen molar-refractivity contribution in [1.82, 2.24) is 0 Å². The van der Waals surface area contributed by atoms with E-state index in [1.54, 1.807) is 0 Å². The minimum Gasteiger partial charge on any atom is -0.494 e. The van der Waals surface area contributed by atoms with E-state index in [0.29, 0.717) is 25.0 Å². The minimum atomic E-state index is 0.233. The van der Waals surface area contributed by atoms with Gasteiger partial charge in [0.25, 0.3) is 0 Å². The van der Waals surface area contributed by atoms with Crippen LogP contribution in [0.4, 0.5) is 5.69 Å². The molecule has 5 rings (SSSR count). The summed E-state index contributed by atoms with van der Waals surface area (Å²) < 4.78 is 12.0. The predicted octanol–water partition coefficient (Wildman–Crippen LogP) is 6.49. The van der Waals surface area contributed by atoms with E-state index < -0.39 is 0 Å². The Morgan fingerprint density at radius 2 is 1.73 bits per heavy atom. The number of benzene rings is 3. The normalized spacial score (nSPS) is 21.4. The van der Waals surface area contributed by atoms with Crippen LogP contribution in [0.1, 0.15) is 42.0 Å². The van der Waals surface area contributed by atoms with E-state index in [9.17, 15) is 0 Å². The van der Waals surface area contributed by atoms with E-state index in [0.717, 1.165) is 17.9 Å². The summed E-state index contributed by atoms with van der Waals surface area (Å²) >= 11 is 0. The Labute approximate surface area is 178 Å². The van der Waals surface area contributed by atoms with Crippen LogP contribution < -0.4 is 14.8 Å². The van der Waals surface area contributed by atoms with Gasteiger partial charge in [-0.1, -0.05) is 60.7 Å². The first-order valence-electron chi connectivity index (χ1n) is 10.8. The molecule has 3 aromatic carbocycles. The fraction of sp³-hybridized carbons (Fsp3) is 0.259. The molecule has 0 saturated heterocycles. The number of anilines is 1. The molecular weight excluding hydrogens is 370 g/mol. The molecule has 3 nitrogen and oxygen atoms in total. The quantitative estimate of drug-likeness (QED) is 0.482. The molecule has 0 saturated carbocycles. The van der Waals surface area contributed by atoms with Crippen LogP contribution in [0.25, 0.3) is 0 Å². The number of ether oxygens (including phenoxy) is 2. The number of allylic oxidation sites excluding steroid dienone is 2. The van der Waals surface area contributed by atoms with Crippen molar-refractivity contribution < 1.29 is 9.47 Å². The van der Waals surface area contributed by atoms with E-state index in [2.05, 4.69) is 66.0 Å². The molecule has 1 heterocycles. The van der Waals surface area contributed by atoms with E-state index >= 15 is 0 Å². The van der Waals surface area contributed by atoms with Crippen LogP contribution in [0.3, 0.4) is 0 Å². The highest BCUT2D eigenvalue weighted by Gasteiger charge is 2.39. The third-order valence-corrected chi connectivity index (χ3v) is 6.14. The first-order valence-corrected chi connectivity index (χ1v) is 10.8. The average Bonchev–Trinajstić information content (AvgIpc) is 3.29. The molecule has 30 heavy (non-hydrogen) atoms. The standard InChI is InChI=1S/C27H27NO2/c1-2-29-26-14-7-6-11-23(26)27-22-13-8-12-21(22)24-17-20(15-16-25(24)28-27)30-18-19-9-4-3-5-10-19/h3-12,14-17,21-22,27-28H,2,13,18H2,1H3. The zero-order valence-corrected chi connectivity index (χ0v) is 17.3. The van der Waals surface area contributed by atoms with Gasteiger partial charge in [0, 0.05) is 17.2 Å². The number of nitrogens with one attached hydrogen (secondary N) is 1. The molecule has 0 aromatic heterocycles. The Morgan fingerprint density at radius 3 is 2.60 bits per heavy atom. The van der Waals surface area contributed by atoms with Crippen LogP contribution in [0.15, 0.2) is 84.9 Å². The minimum absolute atomic E-state index is 0.233. The number of hydrogen-bond donors (Lipinski definition) is 1. The van der Waals surface area contributed by atoms with Crippen molar-refractivity contribution in [3.05, 3.63) is 102 Å². The maximum atomic E-state index is 6.10. The molecule has 1 aliphatic carbocycles. The molecule has 0 radical (unpaired) electrons. The van der Waals surface area contributed by atoms with Gasteiger partial charge in [0.1, 0.15) is 18.1 Å². The van der Waals surface area contributed by atoms with Crippen LogP contribution in [0.2, 0.25) is 0 Å². The fourth-order valence-electron chi connectivity index (χ4n) is 4.74. The van der Waals surface area contributed by atoms with Gasteiger partial charge in [-0.25, -0.2) is 0 Å². The third kappa shape index (κ3) is 3.56. The monoisotopic (exact) mass is 397 g/mol. The maximum Gasteiger partial charge on any atom is 0.124 e. The zero-order chi connectivity index (χ0) is 20.3. The van der Waals surface area contributed by atoms with E-state index in [4.69, 9.17) is 9.47 Å². The van der Waals surface area contributed by atoms with Gasteiger partial charge in [0.05, 0.1) is 12.6 Å². The summed E-state index contributed by atoms with van der Waals surface area (Å²) in [6.07, 6.45) is 5.75. The summed E-state index contributed by atoms with van der Waals surface area (Å²) in [5, 5.41) is 3.81. The van der Waals surface area contributed by atoms with Crippen LogP contribution >= 0.6 is 0 Å². The summed E-state index contributed by atoms with van der Waals surface area (Å²) in [5.41, 5.74) is 4.93. The second kappa shape index (κ2) is 8.27. The zero-order valence-electron chi connectivity index (χ0n) is 17.3. The molecule has 0 bridgehead atoms. The largest absolute Gasteiger partial charge is 0.494 e. The summed E-state index contributed by atoms with van der Waals surface area (Å²) in [5.74, 6) is 2.77. The van der Waals surface area contributed by atoms with Crippen molar-refractivity contribution >= 4 is 5.69 Å². The molecular formula is C27H27NO2. The Bertz CT molecular complexity index is 1040. The van der Waals surface area contributed by atoms with E-state index in [-0.39, 0.29) is 6.04 Å². The highest BCUT2D eigenvalue weighted by Crippen LogP contribution is 2.51. The van der Waals surface area contributed by atoms with Crippen molar-refractivity contribution in [1.29, 1.82) is 0 Å². The van der Waals surface area contributed by atoms with Gasteiger partial charge in [-0.05, 0) is 54.7 Å². The lowest BCUT2D eigenvalue weighted by Gasteiger charge is -2.38. The van der Waals surface area contributed by atoms with Crippen LogP contribution in [0.5, 0.6) is 11.5 Å². The Morgan fingerprint density at radius 1 is 0.900 bits per heavy atom. The molecule has 152 valence electrons. The van der Waals surface area contributed by atoms with Gasteiger partial charge >= 0.3 is 0 Å². The lowest BCUT2D eigenvalue weighted by molar-refractivity contribution is 0.305. The second-order valence-electron chi connectivity index (χ2n) is 7.97. The van der Waals surface area contributed by atoms with Crippen molar-refractivity contribution in [2.75, 3.05) is 11.9 Å².